The fraction of sp³-hybridized carbons (Fsp3) is 0.455. The van der Waals surface area contributed by atoms with Crippen LogP contribution >= 0.6 is 22.9 Å². The van der Waals surface area contributed by atoms with Crippen molar-refractivity contribution in [3.05, 3.63) is 63.7 Å². The third-order valence-electron chi connectivity index (χ3n) is 7.36. The van der Waals surface area contributed by atoms with Gasteiger partial charge in [0.1, 0.15) is 16.4 Å². The first-order valence-corrected chi connectivity index (χ1v) is 18.0. The van der Waals surface area contributed by atoms with Crippen LogP contribution in [0.3, 0.4) is 0 Å². The molecule has 0 aliphatic carbocycles. The Kier molecular flexibility index (Phi) is 11.2. The summed E-state index contributed by atoms with van der Waals surface area (Å²) in [6.45, 7) is 10.5. The van der Waals surface area contributed by atoms with E-state index in [0.717, 1.165) is 11.3 Å². The van der Waals surface area contributed by atoms with Crippen molar-refractivity contribution in [1.82, 2.24) is 4.31 Å². The van der Waals surface area contributed by atoms with E-state index < -0.39 is 45.5 Å². The zero-order valence-corrected chi connectivity index (χ0v) is 29.7. The normalized spacial score (nSPS) is 16.8. The van der Waals surface area contributed by atoms with E-state index in [4.69, 9.17) is 31.5 Å². The fourth-order valence-electron chi connectivity index (χ4n) is 5.49. The van der Waals surface area contributed by atoms with E-state index in [-0.39, 0.29) is 46.3 Å². The molecule has 1 fully saturated rings. The molecule has 3 N–H and O–H groups in total. The zero-order chi connectivity index (χ0) is 34.7. The summed E-state index contributed by atoms with van der Waals surface area (Å²) in [4.78, 5) is 25.6. The molecule has 1 aliphatic rings. The lowest BCUT2D eigenvalue weighted by molar-refractivity contribution is -0.145. The summed E-state index contributed by atoms with van der Waals surface area (Å²) in [5, 5.41) is 3.32. The highest BCUT2D eigenvalue weighted by molar-refractivity contribution is 7.88. The Morgan fingerprint density at radius 1 is 1.19 bits per heavy atom. The predicted molar refractivity (Wildman–Crippen MR) is 183 cm³/mol. The van der Waals surface area contributed by atoms with Crippen molar-refractivity contribution in [2.75, 3.05) is 30.8 Å². The number of nitrogen functional groups attached to an aromatic ring is 1. The van der Waals surface area contributed by atoms with Crippen LogP contribution in [0.25, 0.3) is 10.4 Å². The summed E-state index contributed by atoms with van der Waals surface area (Å²) in [5.41, 5.74) is 6.08. The van der Waals surface area contributed by atoms with Crippen molar-refractivity contribution in [3.63, 3.8) is 0 Å². The molecular formula is C33H41ClFN3O7S2. The number of carbonyl (C=O) groups excluding carboxylic acids is 2. The van der Waals surface area contributed by atoms with Crippen molar-refractivity contribution in [1.29, 1.82) is 0 Å². The number of hydrogen-bond acceptors (Lipinski definition) is 10. The van der Waals surface area contributed by atoms with Crippen LogP contribution in [0.5, 0.6) is 5.75 Å². The van der Waals surface area contributed by atoms with Crippen molar-refractivity contribution in [2.24, 2.45) is 0 Å². The first-order chi connectivity index (χ1) is 21.9. The van der Waals surface area contributed by atoms with E-state index in [2.05, 4.69) is 5.32 Å². The number of rotatable bonds is 11. The number of nitrogens with two attached hydrogens (primary N) is 1. The number of hydrogen-bond donors (Lipinski definition) is 2. The third-order valence-corrected chi connectivity index (χ3v) is 11.1. The molecule has 14 heteroatoms. The quantitative estimate of drug-likeness (QED) is 0.161. The molecule has 1 aliphatic heterocycles. The van der Waals surface area contributed by atoms with Crippen LogP contribution in [0.15, 0.2) is 42.5 Å². The van der Waals surface area contributed by atoms with Gasteiger partial charge in [-0.25, -0.2) is 22.4 Å². The maximum atomic E-state index is 15.2. The van der Waals surface area contributed by atoms with Gasteiger partial charge in [0.05, 0.1) is 22.9 Å². The maximum Gasteiger partial charge on any atom is 0.352 e. The standard InChI is InChI=1S/C33H41ClFN3O7S2/c1-7-43-26(39)18-44-28-27(34)29(46-30(28)31(40)45-32(2,3)4)21-11-12-24(35)25(16-21)37-23-13-14-38(33(5,6)17-23)47(41,42)19-20-9-8-10-22(36)15-20/h8-12,15-16,23,37H,7,13-14,17-19,36H2,1-6H3. The third kappa shape index (κ3) is 9.16. The minimum atomic E-state index is -3.66. The number of nitrogens with zero attached hydrogens (tertiary/aromatic N) is 1. The topological polar surface area (TPSA) is 137 Å². The van der Waals surface area contributed by atoms with E-state index in [1.807, 2.05) is 13.8 Å². The van der Waals surface area contributed by atoms with Crippen molar-refractivity contribution in [3.8, 4) is 16.2 Å². The Hall–Kier alpha value is -3.39. The van der Waals surface area contributed by atoms with Crippen molar-refractivity contribution in [2.45, 2.75) is 77.3 Å². The average molecular weight is 710 g/mol. The number of sulfonamides is 1. The fourth-order valence-corrected chi connectivity index (χ4v) is 8.90. The summed E-state index contributed by atoms with van der Waals surface area (Å²) in [6.07, 6.45) is 0.860. The molecule has 2 heterocycles. The molecule has 2 aromatic carbocycles. The predicted octanol–water partition coefficient (Wildman–Crippen LogP) is 6.87. The monoisotopic (exact) mass is 709 g/mol. The van der Waals surface area contributed by atoms with Gasteiger partial charge in [-0.2, -0.15) is 4.31 Å². The number of esters is 2. The van der Waals surface area contributed by atoms with Crippen LogP contribution in [-0.4, -0.2) is 61.6 Å². The van der Waals surface area contributed by atoms with Gasteiger partial charge in [0.2, 0.25) is 10.0 Å². The maximum absolute atomic E-state index is 15.2. The van der Waals surface area contributed by atoms with Crippen LogP contribution in [0.4, 0.5) is 15.8 Å². The lowest BCUT2D eigenvalue weighted by Crippen LogP contribution is -2.55. The van der Waals surface area contributed by atoms with Gasteiger partial charge in [0, 0.05) is 23.8 Å². The number of halogens is 2. The lowest BCUT2D eigenvalue weighted by atomic mass is 9.89. The van der Waals surface area contributed by atoms with Gasteiger partial charge in [-0.3, -0.25) is 0 Å². The molecule has 1 unspecified atom stereocenters. The summed E-state index contributed by atoms with van der Waals surface area (Å²) < 4.78 is 59.7. The second-order valence-electron chi connectivity index (χ2n) is 12.9. The van der Waals surface area contributed by atoms with Crippen molar-refractivity contribution < 1.29 is 36.6 Å². The van der Waals surface area contributed by atoms with Gasteiger partial charge >= 0.3 is 11.9 Å². The van der Waals surface area contributed by atoms with E-state index in [1.54, 1.807) is 58.0 Å². The number of thiophene rings is 1. The van der Waals surface area contributed by atoms with Gasteiger partial charge in [-0.15, -0.1) is 11.3 Å². The number of nitrogens with one attached hydrogen (secondary N) is 1. The van der Waals surface area contributed by atoms with Gasteiger partial charge in [0.25, 0.3) is 0 Å². The average Bonchev–Trinajstić information content (AvgIpc) is 3.27. The highest BCUT2D eigenvalue weighted by Crippen LogP contribution is 2.47. The molecular weight excluding hydrogens is 669 g/mol. The minimum absolute atomic E-state index is 0.0266. The molecule has 256 valence electrons. The minimum Gasteiger partial charge on any atom is -0.479 e. The first kappa shape index (κ1) is 36.4. The molecule has 47 heavy (non-hydrogen) atoms. The van der Waals surface area contributed by atoms with E-state index in [1.165, 1.54) is 16.4 Å². The van der Waals surface area contributed by atoms with Crippen molar-refractivity contribution >= 4 is 56.3 Å². The summed E-state index contributed by atoms with van der Waals surface area (Å²) in [7, 11) is -3.66. The molecule has 1 saturated heterocycles. The molecule has 0 radical (unpaired) electrons. The number of piperidine rings is 1. The lowest BCUT2D eigenvalue weighted by Gasteiger charge is -2.45. The first-order valence-electron chi connectivity index (χ1n) is 15.2. The zero-order valence-electron chi connectivity index (χ0n) is 27.3. The Bertz CT molecular complexity index is 1740. The number of anilines is 2. The molecule has 1 aromatic heterocycles. The Morgan fingerprint density at radius 3 is 2.55 bits per heavy atom. The summed E-state index contributed by atoms with van der Waals surface area (Å²) in [6, 6.07) is 11.0. The van der Waals surface area contributed by atoms with Crippen LogP contribution in [0.1, 0.15) is 69.6 Å². The largest absolute Gasteiger partial charge is 0.479 e. The molecule has 0 spiro atoms. The van der Waals surface area contributed by atoms with E-state index in [0.29, 0.717) is 34.5 Å². The SMILES string of the molecule is CCOC(=O)COc1c(C(=O)OC(C)(C)C)sc(-c2ccc(F)c(NC3CCN(S(=O)(=O)Cc4cccc(N)c4)C(C)(C)C3)c2)c1Cl. The summed E-state index contributed by atoms with van der Waals surface area (Å²) in [5.74, 6) is -2.03. The van der Waals surface area contributed by atoms with Crippen LogP contribution in [-0.2, 0) is 30.0 Å². The summed E-state index contributed by atoms with van der Waals surface area (Å²) >= 11 is 7.73. The highest BCUT2D eigenvalue weighted by atomic mass is 35.5. The van der Waals surface area contributed by atoms with Gasteiger partial charge in [-0.05, 0) is 89.8 Å². The molecule has 3 aromatic rings. The van der Waals surface area contributed by atoms with Crippen LogP contribution < -0.4 is 15.8 Å². The molecule has 0 amide bonds. The second kappa shape index (κ2) is 14.4. The second-order valence-corrected chi connectivity index (χ2v) is 16.2. The van der Waals surface area contributed by atoms with Gasteiger partial charge in [-0.1, -0.05) is 29.8 Å². The number of benzene rings is 2. The van der Waals surface area contributed by atoms with Gasteiger partial charge in [0.15, 0.2) is 17.2 Å². The Balaban J connectivity index is 1.57. The van der Waals surface area contributed by atoms with Crippen LogP contribution in [0.2, 0.25) is 5.02 Å². The number of ether oxygens (including phenoxy) is 3. The molecule has 1 atom stereocenters. The van der Waals surface area contributed by atoms with E-state index in [9.17, 15) is 18.0 Å². The van der Waals surface area contributed by atoms with Gasteiger partial charge < -0.3 is 25.3 Å². The number of carbonyl (C=O) groups is 2. The molecule has 10 nitrogen and oxygen atoms in total. The van der Waals surface area contributed by atoms with E-state index >= 15 is 4.39 Å². The molecule has 0 bridgehead atoms. The smallest absolute Gasteiger partial charge is 0.352 e. The molecule has 0 saturated carbocycles. The Morgan fingerprint density at radius 2 is 1.91 bits per heavy atom. The molecule has 4 rings (SSSR count). The van der Waals surface area contributed by atoms with Crippen LogP contribution in [0, 0.1) is 5.82 Å². The Labute approximate surface area is 284 Å². The highest BCUT2D eigenvalue weighted by Gasteiger charge is 2.41.